The normalized spacial score (nSPS) is 11.9. The van der Waals surface area contributed by atoms with Gasteiger partial charge in [0.2, 0.25) is 0 Å². The predicted molar refractivity (Wildman–Crippen MR) is 63.2 cm³/mol. The number of hydrogen-bond donors (Lipinski definition) is 2. The highest BCUT2D eigenvalue weighted by Crippen LogP contribution is 2.12. The van der Waals surface area contributed by atoms with Crippen LogP contribution in [0.5, 0.6) is 5.75 Å². The number of hydrogen-bond acceptors (Lipinski definition) is 4. The molecule has 1 rings (SSSR count). The quantitative estimate of drug-likeness (QED) is 0.755. The summed E-state index contributed by atoms with van der Waals surface area (Å²) in [5.41, 5.74) is 0.494. The minimum absolute atomic E-state index is 0.157. The van der Waals surface area contributed by atoms with Gasteiger partial charge in [-0.3, -0.25) is 4.79 Å². The van der Waals surface area contributed by atoms with E-state index in [1.54, 1.807) is 31.4 Å². The van der Waals surface area contributed by atoms with Crippen molar-refractivity contribution < 1.29 is 19.4 Å². The second-order valence-corrected chi connectivity index (χ2v) is 3.55. The van der Waals surface area contributed by atoms with Crippen molar-refractivity contribution in [2.24, 2.45) is 0 Å². The SMILES string of the molecule is COCC(O)CNC(=O)c1cccc(OC)c1. The standard InChI is InChI=1S/C12H17NO4/c1-16-8-10(14)7-13-12(15)9-4-3-5-11(6-9)17-2/h3-6,10,14H,7-8H2,1-2H3,(H,13,15). The van der Waals surface area contributed by atoms with Crippen LogP contribution in [0, 0.1) is 0 Å². The lowest BCUT2D eigenvalue weighted by atomic mass is 10.2. The van der Waals surface area contributed by atoms with Crippen LogP contribution in [-0.4, -0.2) is 44.5 Å². The monoisotopic (exact) mass is 239 g/mol. The van der Waals surface area contributed by atoms with Crippen molar-refractivity contribution in [3.05, 3.63) is 29.8 Å². The molecule has 1 aromatic rings. The molecule has 0 aromatic heterocycles. The maximum absolute atomic E-state index is 11.7. The van der Waals surface area contributed by atoms with Gasteiger partial charge >= 0.3 is 0 Å². The van der Waals surface area contributed by atoms with Gasteiger partial charge in [-0.25, -0.2) is 0 Å². The Morgan fingerprint density at radius 1 is 1.47 bits per heavy atom. The summed E-state index contributed by atoms with van der Waals surface area (Å²) in [6.07, 6.45) is -0.699. The van der Waals surface area contributed by atoms with Crippen LogP contribution in [0.25, 0.3) is 0 Å². The molecule has 0 heterocycles. The third-order valence-electron chi connectivity index (χ3n) is 2.19. The molecule has 0 fully saturated rings. The molecule has 1 aromatic carbocycles. The molecule has 17 heavy (non-hydrogen) atoms. The van der Waals surface area contributed by atoms with Crippen molar-refractivity contribution in [2.75, 3.05) is 27.4 Å². The number of carbonyl (C=O) groups is 1. The van der Waals surface area contributed by atoms with Gasteiger partial charge in [0, 0.05) is 19.2 Å². The lowest BCUT2D eigenvalue weighted by molar-refractivity contribution is 0.0609. The summed E-state index contributed by atoms with van der Waals surface area (Å²) in [6, 6.07) is 6.81. The highest BCUT2D eigenvalue weighted by atomic mass is 16.5. The van der Waals surface area contributed by atoms with Crippen LogP contribution in [0.4, 0.5) is 0 Å². The van der Waals surface area contributed by atoms with Crippen LogP contribution in [0.2, 0.25) is 0 Å². The summed E-state index contributed by atoms with van der Waals surface area (Å²) in [4.78, 5) is 11.7. The lowest BCUT2D eigenvalue weighted by Crippen LogP contribution is -2.34. The summed E-state index contributed by atoms with van der Waals surface area (Å²) in [6.45, 7) is 0.349. The third-order valence-corrected chi connectivity index (χ3v) is 2.19. The van der Waals surface area contributed by atoms with Gasteiger partial charge in [0.1, 0.15) is 5.75 Å². The van der Waals surface area contributed by atoms with Crippen molar-refractivity contribution in [1.29, 1.82) is 0 Å². The lowest BCUT2D eigenvalue weighted by Gasteiger charge is -2.11. The van der Waals surface area contributed by atoms with Crippen LogP contribution in [0.15, 0.2) is 24.3 Å². The average Bonchev–Trinajstić information content (AvgIpc) is 2.36. The van der Waals surface area contributed by atoms with E-state index in [2.05, 4.69) is 5.32 Å². The van der Waals surface area contributed by atoms with Crippen LogP contribution in [0.3, 0.4) is 0 Å². The molecular formula is C12H17NO4. The van der Waals surface area contributed by atoms with Crippen molar-refractivity contribution in [3.8, 4) is 5.75 Å². The van der Waals surface area contributed by atoms with E-state index in [0.29, 0.717) is 11.3 Å². The Morgan fingerprint density at radius 3 is 2.88 bits per heavy atom. The van der Waals surface area contributed by atoms with Gasteiger partial charge in [-0.2, -0.15) is 0 Å². The average molecular weight is 239 g/mol. The highest BCUT2D eigenvalue weighted by Gasteiger charge is 2.09. The van der Waals surface area contributed by atoms with Crippen LogP contribution in [0.1, 0.15) is 10.4 Å². The van der Waals surface area contributed by atoms with E-state index in [9.17, 15) is 9.90 Å². The number of nitrogens with one attached hydrogen (secondary N) is 1. The number of aliphatic hydroxyl groups is 1. The molecule has 1 unspecified atom stereocenters. The van der Waals surface area contributed by atoms with E-state index < -0.39 is 6.10 Å². The molecular weight excluding hydrogens is 222 g/mol. The maximum Gasteiger partial charge on any atom is 0.251 e. The second-order valence-electron chi connectivity index (χ2n) is 3.55. The van der Waals surface area contributed by atoms with E-state index in [1.165, 1.54) is 7.11 Å². The number of ether oxygens (including phenoxy) is 2. The molecule has 1 amide bonds. The maximum atomic E-state index is 11.7. The van der Waals surface area contributed by atoms with E-state index in [4.69, 9.17) is 9.47 Å². The summed E-state index contributed by atoms with van der Waals surface area (Å²) in [5.74, 6) is 0.370. The van der Waals surface area contributed by atoms with Crippen molar-refractivity contribution in [2.45, 2.75) is 6.10 Å². The number of carbonyl (C=O) groups excluding carboxylic acids is 1. The van der Waals surface area contributed by atoms with E-state index >= 15 is 0 Å². The Kier molecular flexibility index (Phi) is 5.45. The zero-order chi connectivity index (χ0) is 12.7. The molecule has 5 nitrogen and oxygen atoms in total. The summed E-state index contributed by atoms with van der Waals surface area (Å²) in [5, 5.41) is 12.0. The Morgan fingerprint density at radius 2 is 2.24 bits per heavy atom. The third kappa shape index (κ3) is 4.42. The molecule has 0 radical (unpaired) electrons. The second kappa shape index (κ2) is 6.88. The fourth-order valence-electron chi connectivity index (χ4n) is 1.33. The van der Waals surface area contributed by atoms with Gasteiger partial charge in [0.15, 0.2) is 0 Å². The Labute approximate surface area is 100 Å². The van der Waals surface area contributed by atoms with Gasteiger partial charge in [0.05, 0.1) is 19.8 Å². The molecule has 0 saturated carbocycles. The molecule has 0 spiro atoms. The molecule has 1 atom stereocenters. The first-order valence-electron chi connectivity index (χ1n) is 5.26. The van der Waals surface area contributed by atoms with Crippen LogP contribution in [-0.2, 0) is 4.74 Å². The summed E-state index contributed by atoms with van der Waals surface area (Å²) < 4.78 is 9.78. The van der Waals surface area contributed by atoms with Gasteiger partial charge < -0.3 is 19.9 Å². The molecule has 0 aliphatic carbocycles. The topological polar surface area (TPSA) is 67.8 Å². The minimum atomic E-state index is -0.699. The Balaban J connectivity index is 2.51. The summed E-state index contributed by atoms with van der Waals surface area (Å²) in [7, 11) is 3.03. The van der Waals surface area contributed by atoms with Crippen molar-refractivity contribution in [3.63, 3.8) is 0 Å². The van der Waals surface area contributed by atoms with Gasteiger partial charge in [0.25, 0.3) is 5.91 Å². The number of methoxy groups -OCH3 is 2. The fraction of sp³-hybridized carbons (Fsp3) is 0.417. The van der Waals surface area contributed by atoms with Gasteiger partial charge in [-0.05, 0) is 18.2 Å². The van der Waals surface area contributed by atoms with E-state index in [0.717, 1.165) is 0 Å². The molecule has 2 N–H and O–H groups in total. The van der Waals surface area contributed by atoms with Crippen molar-refractivity contribution >= 4 is 5.91 Å². The predicted octanol–water partition coefficient (Wildman–Crippen LogP) is 0.432. The first-order chi connectivity index (χ1) is 8.17. The number of amides is 1. The number of benzene rings is 1. The number of rotatable bonds is 6. The molecule has 0 aliphatic heterocycles. The van der Waals surface area contributed by atoms with E-state index in [-0.39, 0.29) is 19.1 Å². The summed E-state index contributed by atoms with van der Waals surface area (Å²) >= 11 is 0. The van der Waals surface area contributed by atoms with Crippen LogP contribution >= 0.6 is 0 Å². The smallest absolute Gasteiger partial charge is 0.251 e. The van der Waals surface area contributed by atoms with Gasteiger partial charge in [-0.1, -0.05) is 6.07 Å². The molecule has 0 aliphatic rings. The largest absolute Gasteiger partial charge is 0.497 e. The zero-order valence-corrected chi connectivity index (χ0v) is 9.97. The molecule has 0 saturated heterocycles. The van der Waals surface area contributed by atoms with E-state index in [1.807, 2.05) is 0 Å². The Bertz CT molecular complexity index is 367. The molecule has 5 heteroatoms. The van der Waals surface area contributed by atoms with Crippen LogP contribution < -0.4 is 10.1 Å². The Hall–Kier alpha value is -1.59. The van der Waals surface area contributed by atoms with Gasteiger partial charge in [-0.15, -0.1) is 0 Å². The molecule has 0 bridgehead atoms. The highest BCUT2D eigenvalue weighted by molar-refractivity contribution is 5.94. The van der Waals surface area contributed by atoms with Crippen molar-refractivity contribution in [1.82, 2.24) is 5.32 Å². The number of aliphatic hydroxyl groups excluding tert-OH is 1. The first kappa shape index (κ1) is 13.5. The minimum Gasteiger partial charge on any atom is -0.497 e. The zero-order valence-electron chi connectivity index (χ0n) is 9.97. The molecule has 94 valence electrons. The first-order valence-corrected chi connectivity index (χ1v) is 5.26. The fourth-order valence-corrected chi connectivity index (χ4v) is 1.33.